The van der Waals surface area contributed by atoms with E-state index in [1.165, 1.54) is 0 Å². The van der Waals surface area contributed by atoms with E-state index in [1.807, 2.05) is 20.8 Å². The van der Waals surface area contributed by atoms with Gasteiger partial charge < -0.3 is 21.3 Å². The number of aliphatic hydroxyl groups is 1. The number of hydrogen-bond acceptors (Lipinski definition) is 4. The predicted molar refractivity (Wildman–Crippen MR) is 63.3 cm³/mol. The van der Waals surface area contributed by atoms with Crippen molar-refractivity contribution in [3.8, 4) is 0 Å². The number of nitrogens with two attached hydrogens (primary N) is 1. The molecule has 0 aliphatic heterocycles. The standard InChI is InChI=1S/C11H22N2O4/c1-11(2,3)4-7(5-12)9(15)13-8(6-14)10(16)17/h7-8,14H,4-6,12H2,1-3H3,(H,13,15)(H,16,17)/t7?,8-/m1/s1. The first kappa shape index (κ1) is 15.9. The number of aliphatic hydroxyl groups excluding tert-OH is 1. The van der Waals surface area contributed by atoms with Gasteiger partial charge in [-0.25, -0.2) is 4.79 Å². The molecule has 0 aliphatic rings. The Morgan fingerprint density at radius 3 is 2.18 bits per heavy atom. The molecule has 0 radical (unpaired) electrons. The van der Waals surface area contributed by atoms with Crippen LogP contribution in [0.1, 0.15) is 27.2 Å². The summed E-state index contributed by atoms with van der Waals surface area (Å²) < 4.78 is 0. The molecule has 6 heteroatoms. The van der Waals surface area contributed by atoms with Crippen LogP contribution < -0.4 is 11.1 Å². The maximum atomic E-state index is 11.8. The summed E-state index contributed by atoms with van der Waals surface area (Å²) >= 11 is 0. The number of nitrogens with one attached hydrogen (secondary N) is 1. The summed E-state index contributed by atoms with van der Waals surface area (Å²) in [6.45, 7) is 5.45. The van der Waals surface area contributed by atoms with Crippen molar-refractivity contribution < 1.29 is 19.8 Å². The van der Waals surface area contributed by atoms with Gasteiger partial charge in [0, 0.05) is 6.54 Å². The molecule has 2 atom stereocenters. The molecule has 0 rings (SSSR count). The monoisotopic (exact) mass is 246 g/mol. The lowest BCUT2D eigenvalue weighted by atomic mass is 9.84. The SMILES string of the molecule is CC(C)(C)CC(CN)C(=O)N[C@H](CO)C(=O)O. The molecule has 1 unspecified atom stereocenters. The van der Waals surface area contributed by atoms with Crippen LogP contribution >= 0.6 is 0 Å². The molecule has 0 aromatic rings. The fourth-order valence-electron chi connectivity index (χ4n) is 1.50. The summed E-state index contributed by atoms with van der Waals surface area (Å²) in [6, 6.07) is -1.27. The Morgan fingerprint density at radius 1 is 1.35 bits per heavy atom. The predicted octanol–water partition coefficient (Wildman–Crippen LogP) is -0.441. The van der Waals surface area contributed by atoms with E-state index in [4.69, 9.17) is 15.9 Å². The number of carboxylic acids is 1. The summed E-state index contributed by atoms with van der Waals surface area (Å²) in [4.78, 5) is 22.4. The Hall–Kier alpha value is -1.14. The summed E-state index contributed by atoms with van der Waals surface area (Å²) in [5.41, 5.74) is 5.43. The Bertz CT molecular complexity index is 273. The van der Waals surface area contributed by atoms with Gasteiger partial charge >= 0.3 is 5.97 Å². The molecule has 0 aliphatic carbocycles. The lowest BCUT2D eigenvalue weighted by Gasteiger charge is -2.25. The van der Waals surface area contributed by atoms with Crippen LogP contribution in [0.5, 0.6) is 0 Å². The van der Waals surface area contributed by atoms with E-state index < -0.39 is 30.4 Å². The van der Waals surface area contributed by atoms with Gasteiger partial charge in [0.1, 0.15) is 6.04 Å². The van der Waals surface area contributed by atoms with Gasteiger partial charge in [-0.3, -0.25) is 4.79 Å². The van der Waals surface area contributed by atoms with Gasteiger partial charge in [0.15, 0.2) is 0 Å². The van der Waals surface area contributed by atoms with Crippen molar-refractivity contribution >= 4 is 11.9 Å². The van der Waals surface area contributed by atoms with E-state index in [-0.39, 0.29) is 12.0 Å². The second kappa shape index (κ2) is 6.56. The third-order valence-corrected chi connectivity index (χ3v) is 2.31. The van der Waals surface area contributed by atoms with Crippen LogP contribution in [-0.2, 0) is 9.59 Å². The van der Waals surface area contributed by atoms with Crippen LogP contribution in [0.2, 0.25) is 0 Å². The summed E-state index contributed by atoms with van der Waals surface area (Å²) in [6.07, 6.45) is 0.563. The van der Waals surface area contributed by atoms with E-state index >= 15 is 0 Å². The van der Waals surface area contributed by atoms with Gasteiger partial charge in [0.05, 0.1) is 12.5 Å². The van der Waals surface area contributed by atoms with Crippen LogP contribution in [0.3, 0.4) is 0 Å². The number of hydrogen-bond donors (Lipinski definition) is 4. The minimum absolute atomic E-state index is 0.0701. The third kappa shape index (κ3) is 6.23. The normalized spacial score (nSPS) is 15.1. The van der Waals surface area contributed by atoms with Crippen molar-refractivity contribution in [2.24, 2.45) is 17.1 Å². The summed E-state index contributed by atoms with van der Waals surface area (Å²) in [5.74, 6) is -2.13. The number of amides is 1. The van der Waals surface area contributed by atoms with E-state index in [9.17, 15) is 9.59 Å². The van der Waals surface area contributed by atoms with Crippen molar-refractivity contribution in [1.29, 1.82) is 0 Å². The smallest absolute Gasteiger partial charge is 0.328 e. The highest BCUT2D eigenvalue weighted by Crippen LogP contribution is 2.24. The van der Waals surface area contributed by atoms with Crippen LogP contribution in [0, 0.1) is 11.3 Å². The number of carboxylic acid groups (broad SMARTS) is 1. The van der Waals surface area contributed by atoms with Crippen molar-refractivity contribution in [2.75, 3.05) is 13.2 Å². The fraction of sp³-hybridized carbons (Fsp3) is 0.818. The highest BCUT2D eigenvalue weighted by molar-refractivity contribution is 5.85. The first-order valence-electron chi connectivity index (χ1n) is 5.55. The van der Waals surface area contributed by atoms with Crippen molar-refractivity contribution in [3.63, 3.8) is 0 Å². The zero-order chi connectivity index (χ0) is 13.6. The van der Waals surface area contributed by atoms with Crippen molar-refractivity contribution in [1.82, 2.24) is 5.32 Å². The van der Waals surface area contributed by atoms with Gasteiger partial charge in [0.25, 0.3) is 0 Å². The molecule has 5 N–H and O–H groups in total. The number of rotatable bonds is 6. The molecule has 1 amide bonds. The Morgan fingerprint density at radius 2 is 1.88 bits per heavy atom. The Labute approximate surface area is 101 Å². The van der Waals surface area contributed by atoms with E-state index in [2.05, 4.69) is 5.32 Å². The largest absolute Gasteiger partial charge is 0.480 e. The number of carbonyl (C=O) groups is 2. The van der Waals surface area contributed by atoms with Gasteiger partial charge in [0.2, 0.25) is 5.91 Å². The van der Waals surface area contributed by atoms with Gasteiger partial charge in [-0.05, 0) is 11.8 Å². The molecular formula is C11H22N2O4. The quantitative estimate of drug-likeness (QED) is 0.507. The van der Waals surface area contributed by atoms with Crippen LogP contribution in [-0.4, -0.2) is 41.3 Å². The highest BCUT2D eigenvalue weighted by atomic mass is 16.4. The molecule has 0 spiro atoms. The summed E-state index contributed by atoms with van der Waals surface area (Å²) in [5, 5.41) is 19.8. The van der Waals surface area contributed by atoms with Crippen LogP contribution in [0.4, 0.5) is 0 Å². The van der Waals surface area contributed by atoms with Crippen LogP contribution in [0.15, 0.2) is 0 Å². The van der Waals surface area contributed by atoms with Gasteiger partial charge in [-0.15, -0.1) is 0 Å². The number of carbonyl (C=O) groups excluding carboxylic acids is 1. The second-order valence-electron chi connectivity index (χ2n) is 5.28. The first-order chi connectivity index (χ1) is 7.71. The molecule has 6 nitrogen and oxygen atoms in total. The molecule has 100 valence electrons. The van der Waals surface area contributed by atoms with Gasteiger partial charge in [-0.2, -0.15) is 0 Å². The van der Waals surface area contributed by atoms with Crippen molar-refractivity contribution in [2.45, 2.75) is 33.2 Å². The molecule has 0 saturated heterocycles. The maximum absolute atomic E-state index is 11.8. The molecule has 0 fully saturated rings. The third-order valence-electron chi connectivity index (χ3n) is 2.31. The minimum atomic E-state index is -1.27. The lowest BCUT2D eigenvalue weighted by Crippen LogP contribution is -2.47. The van der Waals surface area contributed by atoms with Crippen molar-refractivity contribution in [3.05, 3.63) is 0 Å². The molecular weight excluding hydrogens is 224 g/mol. The Kier molecular flexibility index (Phi) is 6.12. The number of aliphatic carboxylic acids is 1. The van der Waals surface area contributed by atoms with Crippen LogP contribution in [0.25, 0.3) is 0 Å². The fourth-order valence-corrected chi connectivity index (χ4v) is 1.50. The highest BCUT2D eigenvalue weighted by Gasteiger charge is 2.27. The van der Waals surface area contributed by atoms with E-state index in [1.54, 1.807) is 0 Å². The zero-order valence-corrected chi connectivity index (χ0v) is 10.6. The molecule has 0 bridgehead atoms. The lowest BCUT2D eigenvalue weighted by molar-refractivity contribution is -0.143. The average Bonchev–Trinajstić information content (AvgIpc) is 2.20. The van der Waals surface area contributed by atoms with E-state index in [0.717, 1.165) is 0 Å². The Balaban J connectivity index is 4.50. The van der Waals surface area contributed by atoms with E-state index in [0.29, 0.717) is 6.42 Å². The zero-order valence-electron chi connectivity index (χ0n) is 10.6. The maximum Gasteiger partial charge on any atom is 0.328 e. The first-order valence-corrected chi connectivity index (χ1v) is 5.55. The molecule has 0 aromatic heterocycles. The summed E-state index contributed by atoms with van der Waals surface area (Å²) in [7, 11) is 0. The minimum Gasteiger partial charge on any atom is -0.480 e. The van der Waals surface area contributed by atoms with Gasteiger partial charge in [-0.1, -0.05) is 20.8 Å². The topological polar surface area (TPSA) is 113 Å². The second-order valence-corrected chi connectivity index (χ2v) is 5.28. The molecule has 0 saturated carbocycles. The molecule has 0 aromatic carbocycles. The average molecular weight is 246 g/mol. The molecule has 17 heavy (non-hydrogen) atoms. The molecule has 0 heterocycles.